The molecule has 0 atom stereocenters. The Morgan fingerprint density at radius 2 is 1.38 bits per heavy atom. The molecule has 0 aliphatic heterocycles. The van der Waals surface area contributed by atoms with Gasteiger partial charge in [0.2, 0.25) is 0 Å². The summed E-state index contributed by atoms with van der Waals surface area (Å²) >= 11 is 0. The number of hydrogen-bond donors (Lipinski definition) is 0. The lowest BCUT2D eigenvalue weighted by atomic mass is 9.74. The molecule has 0 aromatic carbocycles. The van der Waals surface area contributed by atoms with Crippen molar-refractivity contribution in [2.75, 3.05) is 0 Å². The van der Waals surface area contributed by atoms with Gasteiger partial charge in [-0.2, -0.15) is 0 Å². The molecule has 0 N–H and O–H groups in total. The molecule has 3 nitrogen and oxygen atoms in total. The van der Waals surface area contributed by atoms with Crippen LogP contribution in [-0.2, 0) is 18.5 Å². The summed E-state index contributed by atoms with van der Waals surface area (Å²) < 4.78 is 4.39. The molecule has 0 radical (unpaired) electrons. The van der Waals surface area contributed by atoms with Gasteiger partial charge < -0.3 is 0 Å². The Labute approximate surface area is 150 Å². The quantitative estimate of drug-likeness (QED) is 0.640. The summed E-state index contributed by atoms with van der Waals surface area (Å²) in [5.74, 6) is 0. The van der Waals surface area contributed by atoms with Crippen LogP contribution in [0.1, 0.15) is 94.7 Å². The first-order chi connectivity index (χ1) is 10.5. The lowest BCUT2D eigenvalue weighted by Crippen LogP contribution is -2.55. The minimum absolute atomic E-state index is 0.0294. The normalized spacial score (nSPS) is 14.3. The van der Waals surface area contributed by atoms with Crippen molar-refractivity contribution in [3.8, 4) is 0 Å². The topological polar surface area (TPSA) is 21.7 Å². The summed E-state index contributed by atoms with van der Waals surface area (Å²) in [5, 5.41) is 4.90. The largest absolute Gasteiger partial charge is 0.168 e. The highest BCUT2D eigenvalue weighted by molar-refractivity contribution is 4.97. The zero-order valence-electron chi connectivity index (χ0n) is 18.2. The third kappa shape index (κ3) is 6.57. The van der Waals surface area contributed by atoms with Crippen LogP contribution in [0.25, 0.3) is 0 Å². The van der Waals surface area contributed by atoms with E-state index in [0.717, 1.165) is 19.4 Å². The van der Waals surface area contributed by atoms with Crippen LogP contribution in [0.5, 0.6) is 0 Å². The Hall–Kier alpha value is -0.860. The van der Waals surface area contributed by atoms with Gasteiger partial charge >= 0.3 is 0 Å². The van der Waals surface area contributed by atoms with E-state index < -0.39 is 0 Å². The van der Waals surface area contributed by atoms with Crippen molar-refractivity contribution in [1.82, 2.24) is 9.90 Å². The monoisotopic (exact) mass is 336 g/mol. The van der Waals surface area contributed by atoms with E-state index in [9.17, 15) is 0 Å². The molecule has 1 rings (SSSR count). The van der Waals surface area contributed by atoms with Gasteiger partial charge in [0.25, 0.3) is 0 Å². The van der Waals surface area contributed by atoms with Crippen molar-refractivity contribution in [3.05, 3.63) is 11.9 Å². The van der Waals surface area contributed by atoms with E-state index in [1.165, 1.54) is 12.1 Å². The van der Waals surface area contributed by atoms with Crippen LogP contribution < -0.4 is 4.68 Å². The lowest BCUT2D eigenvalue weighted by molar-refractivity contribution is -0.812. The van der Waals surface area contributed by atoms with Crippen LogP contribution in [0.3, 0.4) is 0 Å². The highest BCUT2D eigenvalue weighted by atomic mass is 15.5. The van der Waals surface area contributed by atoms with Gasteiger partial charge in [0.05, 0.1) is 5.21 Å². The number of aryl methyl sites for hydroxylation is 1. The molecule has 1 aromatic rings. The van der Waals surface area contributed by atoms with E-state index in [-0.39, 0.29) is 16.4 Å². The van der Waals surface area contributed by atoms with Gasteiger partial charge in [-0.15, -0.1) is 9.36 Å². The third-order valence-corrected chi connectivity index (χ3v) is 4.36. The standard InChI is InChI=1S/C21H42N3/c1-12-23-17(13-20(8,9)15-18(2,3)4)14-24(22-23)21(10,11)16-19(5,6)7/h14H,12-13,15-16H2,1-11H3/q+1. The Kier molecular flexibility index (Phi) is 6.00. The maximum atomic E-state index is 4.90. The number of nitrogens with zero attached hydrogens (tertiary/aromatic N) is 3. The molecule has 0 bridgehead atoms. The third-order valence-electron chi connectivity index (χ3n) is 4.36. The summed E-state index contributed by atoms with van der Waals surface area (Å²) in [5.41, 5.74) is 2.30. The highest BCUT2D eigenvalue weighted by Crippen LogP contribution is 2.36. The Bertz CT molecular complexity index is 536. The maximum Gasteiger partial charge on any atom is 0.168 e. The molecule has 3 heteroatoms. The van der Waals surface area contributed by atoms with Gasteiger partial charge in [-0.25, -0.2) is 0 Å². The number of hydrogen-bond acceptors (Lipinski definition) is 1. The summed E-state index contributed by atoms with van der Waals surface area (Å²) in [4.78, 5) is 0. The minimum Gasteiger partial charge on any atom is -0.135 e. The van der Waals surface area contributed by atoms with Crippen LogP contribution in [0.2, 0.25) is 0 Å². The van der Waals surface area contributed by atoms with Gasteiger partial charge in [0.15, 0.2) is 11.9 Å². The van der Waals surface area contributed by atoms with E-state index in [4.69, 9.17) is 5.21 Å². The second-order valence-corrected chi connectivity index (χ2v) is 11.4. The van der Waals surface area contributed by atoms with Crippen LogP contribution in [0.15, 0.2) is 6.20 Å². The molecule has 0 aliphatic rings. The van der Waals surface area contributed by atoms with E-state index in [1.807, 2.05) is 0 Å². The van der Waals surface area contributed by atoms with Crippen LogP contribution in [-0.4, -0.2) is 9.90 Å². The van der Waals surface area contributed by atoms with E-state index in [1.54, 1.807) is 0 Å². The fraction of sp³-hybridized carbons (Fsp3) is 0.905. The van der Waals surface area contributed by atoms with Crippen LogP contribution in [0, 0.1) is 16.2 Å². The van der Waals surface area contributed by atoms with Crippen molar-refractivity contribution >= 4 is 0 Å². The molecule has 0 aliphatic carbocycles. The first-order valence-electron chi connectivity index (χ1n) is 9.54. The molecule has 0 saturated carbocycles. The molecule has 0 amide bonds. The van der Waals surface area contributed by atoms with Crippen molar-refractivity contribution in [1.29, 1.82) is 0 Å². The fourth-order valence-electron chi connectivity index (χ4n) is 4.47. The summed E-state index contributed by atoms with van der Waals surface area (Å²) in [7, 11) is 0. The maximum absolute atomic E-state index is 4.90. The SMILES string of the molecule is CCn1n[n+](C(C)(C)CC(C)(C)C)cc1CC(C)(C)CC(C)(C)C. The molecule has 1 aromatic heterocycles. The molecule has 0 saturated heterocycles. The molecule has 140 valence electrons. The first-order valence-corrected chi connectivity index (χ1v) is 9.54. The van der Waals surface area contributed by atoms with Gasteiger partial charge in [-0.1, -0.05) is 55.4 Å². The summed E-state index contributed by atoms with van der Waals surface area (Å²) in [6.45, 7) is 26.4. The molecular weight excluding hydrogens is 294 g/mol. The second kappa shape index (κ2) is 6.80. The predicted octanol–water partition coefficient (Wildman–Crippen LogP) is 5.37. The van der Waals surface area contributed by atoms with Crippen molar-refractivity contribution in [2.24, 2.45) is 16.2 Å². The Balaban J connectivity index is 3.08. The molecule has 1 heterocycles. The van der Waals surface area contributed by atoms with Gasteiger partial charge in [-0.05, 0) is 49.9 Å². The average Bonchev–Trinajstić information content (AvgIpc) is 2.65. The zero-order valence-corrected chi connectivity index (χ0v) is 18.2. The highest BCUT2D eigenvalue weighted by Gasteiger charge is 2.36. The minimum atomic E-state index is 0.0294. The van der Waals surface area contributed by atoms with Gasteiger partial charge in [-0.3, -0.25) is 0 Å². The smallest absolute Gasteiger partial charge is 0.135 e. The zero-order chi connectivity index (χ0) is 19.0. The van der Waals surface area contributed by atoms with Gasteiger partial charge in [0.1, 0.15) is 12.1 Å². The molecular formula is C21H42N3+. The van der Waals surface area contributed by atoms with Crippen molar-refractivity contribution in [2.45, 2.75) is 108 Å². The van der Waals surface area contributed by atoms with E-state index in [0.29, 0.717) is 5.41 Å². The van der Waals surface area contributed by atoms with E-state index >= 15 is 0 Å². The molecule has 0 unspecified atom stereocenters. The fourth-order valence-corrected chi connectivity index (χ4v) is 4.47. The first kappa shape index (κ1) is 21.2. The van der Waals surface area contributed by atoms with E-state index in [2.05, 4.69) is 91.7 Å². The molecule has 0 spiro atoms. The Morgan fingerprint density at radius 3 is 1.79 bits per heavy atom. The van der Waals surface area contributed by atoms with Crippen LogP contribution >= 0.6 is 0 Å². The molecule has 0 fully saturated rings. The van der Waals surface area contributed by atoms with Crippen molar-refractivity contribution < 1.29 is 4.68 Å². The average molecular weight is 337 g/mol. The molecule has 24 heavy (non-hydrogen) atoms. The summed E-state index contributed by atoms with van der Waals surface area (Å²) in [6, 6.07) is 0. The number of rotatable bonds is 6. The Morgan fingerprint density at radius 1 is 0.875 bits per heavy atom. The van der Waals surface area contributed by atoms with Crippen molar-refractivity contribution in [3.63, 3.8) is 0 Å². The summed E-state index contributed by atoms with van der Waals surface area (Å²) in [6.07, 6.45) is 5.68. The van der Waals surface area contributed by atoms with Gasteiger partial charge in [0, 0.05) is 6.42 Å². The van der Waals surface area contributed by atoms with Crippen LogP contribution in [0.4, 0.5) is 0 Å². The lowest BCUT2D eigenvalue weighted by Gasteiger charge is -2.31. The number of aromatic nitrogens is 3. The second-order valence-electron chi connectivity index (χ2n) is 11.4. The predicted molar refractivity (Wildman–Crippen MR) is 103 cm³/mol.